The van der Waals surface area contributed by atoms with Crippen LogP contribution in [0, 0.1) is 0 Å². The largest absolute Gasteiger partial charge is 0.497 e. The first-order valence-electron chi connectivity index (χ1n) is 8.19. The lowest BCUT2D eigenvalue weighted by Gasteiger charge is -2.06. The van der Waals surface area contributed by atoms with Crippen LogP contribution >= 0.6 is 11.6 Å². The van der Waals surface area contributed by atoms with Gasteiger partial charge in [0.2, 0.25) is 0 Å². The lowest BCUT2D eigenvalue weighted by molar-refractivity contribution is 0.0921. The van der Waals surface area contributed by atoms with Gasteiger partial charge in [-0.2, -0.15) is 0 Å². The van der Waals surface area contributed by atoms with Gasteiger partial charge in [-0.3, -0.25) is 9.00 Å². The molecular weight excluding hydrogens is 386 g/mol. The number of amides is 1. The second-order valence-corrected chi connectivity index (χ2v) is 7.55. The van der Waals surface area contributed by atoms with Crippen molar-refractivity contribution in [2.45, 2.75) is 17.2 Å². The van der Waals surface area contributed by atoms with Crippen molar-refractivity contribution >= 4 is 28.3 Å². The third-order valence-electron chi connectivity index (χ3n) is 3.83. The molecule has 7 heteroatoms. The minimum Gasteiger partial charge on any atom is -0.497 e. The average Bonchev–Trinajstić information content (AvgIpc) is 3.15. The fourth-order valence-corrected chi connectivity index (χ4v) is 3.94. The van der Waals surface area contributed by atoms with Gasteiger partial charge in [0.1, 0.15) is 11.5 Å². The van der Waals surface area contributed by atoms with Crippen LogP contribution in [0.3, 0.4) is 0 Å². The smallest absolute Gasteiger partial charge is 0.287 e. The number of nitrogens with one attached hydrogen (secondary N) is 1. The number of methoxy groups -OCH3 is 1. The first-order chi connectivity index (χ1) is 13.1. The van der Waals surface area contributed by atoms with E-state index in [1.54, 1.807) is 43.5 Å². The monoisotopic (exact) mass is 403 g/mol. The summed E-state index contributed by atoms with van der Waals surface area (Å²) in [6.45, 7) is 0.345. The Morgan fingerprint density at radius 1 is 1.15 bits per heavy atom. The maximum atomic E-state index is 12.4. The fourth-order valence-electron chi connectivity index (χ4n) is 2.47. The Labute approximate surface area is 164 Å². The molecule has 0 aliphatic rings. The van der Waals surface area contributed by atoms with Crippen LogP contribution in [0.5, 0.6) is 5.75 Å². The lowest BCUT2D eigenvalue weighted by atomic mass is 10.2. The fraction of sp³-hybridized carbons (Fsp3) is 0.150. The van der Waals surface area contributed by atoms with Gasteiger partial charge in [0.05, 0.1) is 33.6 Å². The summed E-state index contributed by atoms with van der Waals surface area (Å²) in [7, 11) is 0.238. The van der Waals surface area contributed by atoms with Crippen molar-refractivity contribution in [2.24, 2.45) is 0 Å². The van der Waals surface area contributed by atoms with Gasteiger partial charge in [-0.05, 0) is 42.0 Å². The number of hydrogen-bond acceptors (Lipinski definition) is 4. The minimum absolute atomic E-state index is 0.146. The van der Waals surface area contributed by atoms with Crippen LogP contribution in [0.25, 0.3) is 0 Å². The molecule has 0 aliphatic heterocycles. The second-order valence-electron chi connectivity index (χ2n) is 5.72. The number of benzene rings is 2. The third kappa shape index (κ3) is 4.99. The van der Waals surface area contributed by atoms with Crippen molar-refractivity contribution < 1.29 is 18.2 Å². The first-order valence-corrected chi connectivity index (χ1v) is 9.89. The Bertz CT molecular complexity index is 970. The van der Waals surface area contributed by atoms with E-state index in [9.17, 15) is 9.00 Å². The molecule has 5 nitrogen and oxygen atoms in total. The topological polar surface area (TPSA) is 68.5 Å². The van der Waals surface area contributed by atoms with Crippen LogP contribution in [0.4, 0.5) is 0 Å². The molecule has 0 spiro atoms. The number of hydrogen-bond donors (Lipinski definition) is 1. The van der Waals surface area contributed by atoms with Crippen molar-refractivity contribution in [3.8, 4) is 5.75 Å². The number of rotatable bonds is 7. The summed E-state index contributed by atoms with van der Waals surface area (Å²) in [5, 5.41) is 3.23. The second kappa shape index (κ2) is 8.88. The SMILES string of the molecule is COc1cccc(CNC(=O)c2ccc(C[S@](=O)c3ccccc3Cl)o2)c1. The summed E-state index contributed by atoms with van der Waals surface area (Å²) >= 11 is 6.07. The predicted molar refractivity (Wildman–Crippen MR) is 104 cm³/mol. The van der Waals surface area contributed by atoms with E-state index in [4.69, 9.17) is 20.8 Å². The molecule has 0 bridgehead atoms. The number of halogens is 1. The molecule has 0 unspecified atom stereocenters. The van der Waals surface area contributed by atoms with Crippen LogP contribution in [0.15, 0.2) is 70.0 Å². The molecule has 2 aromatic carbocycles. The van der Waals surface area contributed by atoms with Gasteiger partial charge in [0, 0.05) is 6.54 Å². The molecule has 1 aromatic heterocycles. The van der Waals surface area contributed by atoms with Gasteiger partial charge in [0.25, 0.3) is 5.91 Å². The zero-order valence-corrected chi connectivity index (χ0v) is 16.2. The molecule has 1 heterocycles. The molecule has 3 aromatic rings. The van der Waals surface area contributed by atoms with Crippen LogP contribution in [0.1, 0.15) is 21.9 Å². The van der Waals surface area contributed by atoms with Crippen molar-refractivity contribution in [3.05, 3.63) is 82.8 Å². The summed E-state index contributed by atoms with van der Waals surface area (Å²) in [6, 6.07) is 17.6. The highest BCUT2D eigenvalue weighted by atomic mass is 35.5. The molecule has 0 radical (unpaired) electrons. The van der Waals surface area contributed by atoms with E-state index in [1.807, 2.05) is 24.3 Å². The first kappa shape index (κ1) is 19.2. The van der Waals surface area contributed by atoms with E-state index in [0.717, 1.165) is 11.3 Å². The van der Waals surface area contributed by atoms with E-state index in [1.165, 1.54) is 0 Å². The van der Waals surface area contributed by atoms with Crippen molar-refractivity contribution in [3.63, 3.8) is 0 Å². The molecule has 140 valence electrons. The maximum absolute atomic E-state index is 12.4. The highest BCUT2D eigenvalue weighted by molar-refractivity contribution is 7.84. The van der Waals surface area contributed by atoms with Gasteiger partial charge in [-0.1, -0.05) is 35.9 Å². The maximum Gasteiger partial charge on any atom is 0.287 e. The van der Waals surface area contributed by atoms with E-state index in [-0.39, 0.29) is 17.4 Å². The van der Waals surface area contributed by atoms with Crippen molar-refractivity contribution in [1.82, 2.24) is 5.32 Å². The number of ether oxygens (including phenoxy) is 1. The van der Waals surface area contributed by atoms with Gasteiger partial charge < -0.3 is 14.5 Å². The predicted octanol–water partition coefficient (Wildman–Crippen LogP) is 4.18. The number of furan rings is 1. The summed E-state index contributed by atoms with van der Waals surface area (Å²) in [6.07, 6.45) is 0. The average molecular weight is 404 g/mol. The van der Waals surface area contributed by atoms with Crippen molar-refractivity contribution in [2.75, 3.05) is 7.11 Å². The van der Waals surface area contributed by atoms with Gasteiger partial charge in [0.15, 0.2) is 5.76 Å². The number of carbonyl (C=O) groups is 1. The molecule has 1 atom stereocenters. The Kier molecular flexibility index (Phi) is 6.32. The van der Waals surface area contributed by atoms with Gasteiger partial charge >= 0.3 is 0 Å². The molecule has 0 aliphatic carbocycles. The summed E-state index contributed by atoms with van der Waals surface area (Å²) in [5.74, 6) is 1.16. The van der Waals surface area contributed by atoms with E-state index >= 15 is 0 Å². The zero-order chi connectivity index (χ0) is 19.2. The van der Waals surface area contributed by atoms with E-state index in [2.05, 4.69) is 5.32 Å². The molecule has 0 saturated carbocycles. The normalized spacial score (nSPS) is 11.8. The molecule has 1 amide bonds. The summed E-state index contributed by atoms with van der Waals surface area (Å²) < 4.78 is 23.1. The summed E-state index contributed by atoms with van der Waals surface area (Å²) in [5.41, 5.74) is 0.911. The molecule has 27 heavy (non-hydrogen) atoms. The Hall–Kier alpha value is -2.57. The Morgan fingerprint density at radius 2 is 1.96 bits per heavy atom. The standard InChI is InChI=1S/C20H18ClNO4S/c1-25-15-6-4-5-14(11-15)12-22-20(23)18-10-9-16(26-18)13-27(24)19-8-3-2-7-17(19)21/h2-11H,12-13H2,1H3,(H,22,23)/t27-/m0/s1. The highest BCUT2D eigenvalue weighted by Crippen LogP contribution is 2.22. The van der Waals surface area contributed by atoms with Crippen LogP contribution < -0.4 is 10.1 Å². The quantitative estimate of drug-likeness (QED) is 0.642. The van der Waals surface area contributed by atoms with E-state index < -0.39 is 10.8 Å². The third-order valence-corrected chi connectivity index (χ3v) is 5.66. The van der Waals surface area contributed by atoms with Gasteiger partial charge in [-0.15, -0.1) is 0 Å². The highest BCUT2D eigenvalue weighted by Gasteiger charge is 2.15. The lowest BCUT2D eigenvalue weighted by Crippen LogP contribution is -2.22. The van der Waals surface area contributed by atoms with Crippen LogP contribution in [-0.2, 0) is 23.1 Å². The molecule has 0 fully saturated rings. The van der Waals surface area contributed by atoms with Crippen LogP contribution in [-0.4, -0.2) is 17.2 Å². The molecular formula is C20H18ClNO4S. The molecule has 0 saturated heterocycles. The molecule has 1 N–H and O–H groups in total. The summed E-state index contributed by atoms with van der Waals surface area (Å²) in [4.78, 5) is 12.8. The van der Waals surface area contributed by atoms with Crippen molar-refractivity contribution in [1.29, 1.82) is 0 Å². The Morgan fingerprint density at radius 3 is 2.74 bits per heavy atom. The van der Waals surface area contributed by atoms with Gasteiger partial charge in [-0.25, -0.2) is 0 Å². The van der Waals surface area contributed by atoms with Crippen LogP contribution in [0.2, 0.25) is 5.02 Å². The minimum atomic E-state index is -1.35. The number of carbonyl (C=O) groups excluding carboxylic acids is 1. The van der Waals surface area contributed by atoms with E-state index in [0.29, 0.717) is 22.2 Å². The molecule has 3 rings (SSSR count). The zero-order valence-electron chi connectivity index (χ0n) is 14.6. The Balaban J connectivity index is 1.60.